The average Bonchev–Trinajstić information content (AvgIpc) is 3.12. The molecule has 5 nitrogen and oxygen atoms in total. The third-order valence-corrected chi connectivity index (χ3v) is 5.17. The van der Waals surface area contributed by atoms with Gasteiger partial charge in [-0.05, 0) is 45.1 Å². The number of nitrogens with zero attached hydrogens (tertiary/aromatic N) is 2. The number of aromatic nitrogens is 2. The molecule has 0 aliphatic heterocycles. The minimum atomic E-state index is -0.972. The molecule has 3 rings (SSSR count). The summed E-state index contributed by atoms with van der Waals surface area (Å²) in [6, 6.07) is 9.86. The third-order valence-electron chi connectivity index (χ3n) is 5.17. The summed E-state index contributed by atoms with van der Waals surface area (Å²) in [4.78, 5) is 29.1. The molecule has 1 atom stereocenters. The molecule has 0 amide bonds. The van der Waals surface area contributed by atoms with Crippen molar-refractivity contribution in [3.8, 4) is 0 Å². The zero-order valence-electron chi connectivity index (χ0n) is 14.8. The van der Waals surface area contributed by atoms with Gasteiger partial charge in [0.25, 0.3) is 0 Å². The van der Waals surface area contributed by atoms with Gasteiger partial charge in [-0.15, -0.1) is 0 Å². The van der Waals surface area contributed by atoms with Crippen LogP contribution in [0.15, 0.2) is 42.9 Å². The van der Waals surface area contributed by atoms with E-state index in [0.717, 1.165) is 24.8 Å². The van der Waals surface area contributed by atoms with E-state index in [1.54, 1.807) is 10.9 Å². The molecule has 1 aromatic heterocycles. The number of carbonyl (C=O) groups excluding carboxylic acids is 2. The fourth-order valence-corrected chi connectivity index (χ4v) is 3.54. The summed E-state index contributed by atoms with van der Waals surface area (Å²) in [5.74, 6) is -0.542. The first kappa shape index (κ1) is 17.4. The molecule has 0 radical (unpaired) electrons. The molecule has 0 spiro atoms. The quantitative estimate of drug-likeness (QED) is 0.774. The van der Waals surface area contributed by atoms with Crippen molar-refractivity contribution in [1.29, 1.82) is 0 Å². The van der Waals surface area contributed by atoms with Crippen molar-refractivity contribution in [2.75, 3.05) is 0 Å². The van der Waals surface area contributed by atoms with Crippen molar-refractivity contribution in [1.82, 2.24) is 9.55 Å². The molecule has 2 aromatic rings. The van der Waals surface area contributed by atoms with E-state index in [4.69, 9.17) is 4.74 Å². The summed E-state index contributed by atoms with van der Waals surface area (Å²) in [6.07, 6.45) is 7.26. The maximum absolute atomic E-state index is 12.8. The molecule has 132 valence electrons. The van der Waals surface area contributed by atoms with E-state index in [0.29, 0.717) is 18.5 Å². The maximum Gasteiger partial charge on any atom is 0.357 e. The lowest BCUT2D eigenvalue weighted by Gasteiger charge is -2.34. The molecule has 0 bridgehead atoms. The SMILES string of the molecule is CC(=O)C1(OC(=O)c2cncn2C(C)c2ccccc2)CCCCC1. The Kier molecular flexibility index (Phi) is 5.02. The van der Waals surface area contributed by atoms with Gasteiger partial charge in [-0.3, -0.25) is 4.79 Å². The Hall–Kier alpha value is -2.43. The van der Waals surface area contributed by atoms with Crippen LogP contribution in [-0.4, -0.2) is 26.9 Å². The Morgan fingerprint density at radius 2 is 1.84 bits per heavy atom. The van der Waals surface area contributed by atoms with Crippen LogP contribution in [0.1, 0.15) is 68.0 Å². The Morgan fingerprint density at radius 1 is 1.16 bits per heavy atom. The second kappa shape index (κ2) is 7.21. The van der Waals surface area contributed by atoms with Gasteiger partial charge in [-0.25, -0.2) is 9.78 Å². The monoisotopic (exact) mass is 340 g/mol. The lowest BCUT2D eigenvalue weighted by atomic mass is 9.82. The van der Waals surface area contributed by atoms with Gasteiger partial charge in [0.1, 0.15) is 5.69 Å². The number of carbonyl (C=O) groups is 2. The number of ketones is 1. The highest BCUT2D eigenvalue weighted by molar-refractivity contribution is 5.93. The minimum Gasteiger partial charge on any atom is -0.446 e. The van der Waals surface area contributed by atoms with Crippen molar-refractivity contribution < 1.29 is 14.3 Å². The van der Waals surface area contributed by atoms with Gasteiger partial charge in [0.2, 0.25) is 0 Å². The van der Waals surface area contributed by atoms with E-state index < -0.39 is 11.6 Å². The molecule has 0 saturated heterocycles. The lowest BCUT2D eigenvalue weighted by molar-refractivity contribution is -0.139. The van der Waals surface area contributed by atoms with Crippen molar-refractivity contribution in [2.24, 2.45) is 0 Å². The number of imidazole rings is 1. The molecule has 1 unspecified atom stereocenters. The van der Waals surface area contributed by atoms with Crippen LogP contribution in [0.3, 0.4) is 0 Å². The van der Waals surface area contributed by atoms with Crippen LogP contribution in [0.4, 0.5) is 0 Å². The minimum absolute atomic E-state index is 0.0501. The Balaban J connectivity index is 1.84. The zero-order valence-corrected chi connectivity index (χ0v) is 14.8. The van der Waals surface area contributed by atoms with E-state index in [-0.39, 0.29) is 11.8 Å². The van der Waals surface area contributed by atoms with E-state index in [9.17, 15) is 9.59 Å². The number of hydrogen-bond donors (Lipinski definition) is 0. The molecule has 1 aliphatic rings. The molecule has 1 fully saturated rings. The lowest BCUT2D eigenvalue weighted by Crippen LogP contribution is -2.44. The van der Waals surface area contributed by atoms with Gasteiger partial charge >= 0.3 is 5.97 Å². The van der Waals surface area contributed by atoms with Crippen LogP contribution < -0.4 is 0 Å². The summed E-state index contributed by atoms with van der Waals surface area (Å²) in [5, 5.41) is 0. The number of ether oxygens (including phenoxy) is 1. The largest absolute Gasteiger partial charge is 0.446 e. The molecule has 0 N–H and O–H groups in total. The van der Waals surface area contributed by atoms with Crippen molar-refractivity contribution in [2.45, 2.75) is 57.6 Å². The van der Waals surface area contributed by atoms with E-state index >= 15 is 0 Å². The second-order valence-electron chi connectivity index (χ2n) is 6.77. The summed E-state index contributed by atoms with van der Waals surface area (Å²) >= 11 is 0. The van der Waals surface area contributed by atoms with E-state index in [1.165, 1.54) is 13.1 Å². The number of hydrogen-bond acceptors (Lipinski definition) is 4. The summed E-state index contributed by atoms with van der Waals surface area (Å²) in [7, 11) is 0. The molecular formula is C20H24N2O3. The number of benzene rings is 1. The number of Topliss-reactive ketones (excluding diaryl/α,β-unsaturated/α-hetero) is 1. The van der Waals surface area contributed by atoms with Gasteiger partial charge in [-0.1, -0.05) is 36.8 Å². The molecule has 1 saturated carbocycles. The first-order valence-corrected chi connectivity index (χ1v) is 8.85. The smallest absolute Gasteiger partial charge is 0.357 e. The highest BCUT2D eigenvalue weighted by atomic mass is 16.6. The van der Waals surface area contributed by atoms with Crippen LogP contribution in [0, 0.1) is 0 Å². The standard InChI is InChI=1S/C20H24N2O3/c1-15(17-9-5-3-6-10-17)22-14-21-13-18(22)19(24)25-20(16(2)23)11-7-4-8-12-20/h3,5-6,9-10,13-15H,4,7-8,11-12H2,1-2H3. The molecule has 5 heteroatoms. The van der Waals surface area contributed by atoms with Gasteiger partial charge in [-0.2, -0.15) is 0 Å². The van der Waals surface area contributed by atoms with Crippen LogP contribution in [0.2, 0.25) is 0 Å². The van der Waals surface area contributed by atoms with E-state index in [2.05, 4.69) is 4.98 Å². The maximum atomic E-state index is 12.8. The van der Waals surface area contributed by atoms with Crippen molar-refractivity contribution in [3.63, 3.8) is 0 Å². The predicted molar refractivity (Wildman–Crippen MR) is 94.4 cm³/mol. The predicted octanol–water partition coefficient (Wildman–Crippen LogP) is 3.94. The third kappa shape index (κ3) is 3.50. The topological polar surface area (TPSA) is 61.2 Å². The normalized spacial score (nSPS) is 17.7. The Morgan fingerprint density at radius 3 is 2.48 bits per heavy atom. The number of esters is 1. The Bertz CT molecular complexity index is 745. The van der Waals surface area contributed by atoms with E-state index in [1.807, 2.05) is 37.3 Å². The fraction of sp³-hybridized carbons (Fsp3) is 0.450. The van der Waals surface area contributed by atoms with Crippen LogP contribution in [0.25, 0.3) is 0 Å². The molecule has 1 aliphatic carbocycles. The zero-order chi connectivity index (χ0) is 17.9. The highest BCUT2D eigenvalue weighted by Gasteiger charge is 2.41. The van der Waals surface area contributed by atoms with Gasteiger partial charge < -0.3 is 9.30 Å². The van der Waals surface area contributed by atoms with Crippen LogP contribution in [0.5, 0.6) is 0 Å². The molecule has 1 aromatic carbocycles. The number of rotatable bonds is 5. The van der Waals surface area contributed by atoms with Gasteiger partial charge in [0.05, 0.1) is 18.6 Å². The van der Waals surface area contributed by atoms with Crippen molar-refractivity contribution >= 4 is 11.8 Å². The van der Waals surface area contributed by atoms with Crippen LogP contribution in [-0.2, 0) is 9.53 Å². The van der Waals surface area contributed by atoms with Crippen molar-refractivity contribution in [3.05, 3.63) is 54.1 Å². The molecular weight excluding hydrogens is 316 g/mol. The first-order valence-electron chi connectivity index (χ1n) is 8.85. The molecule has 1 heterocycles. The fourth-order valence-electron chi connectivity index (χ4n) is 3.54. The Labute approximate surface area is 148 Å². The van der Waals surface area contributed by atoms with Crippen LogP contribution >= 0.6 is 0 Å². The second-order valence-corrected chi connectivity index (χ2v) is 6.77. The van der Waals surface area contributed by atoms with Gasteiger partial charge in [0, 0.05) is 0 Å². The highest BCUT2D eigenvalue weighted by Crippen LogP contribution is 2.33. The summed E-state index contributed by atoms with van der Waals surface area (Å²) in [5.41, 5.74) is 0.483. The summed E-state index contributed by atoms with van der Waals surface area (Å²) < 4.78 is 7.56. The molecule has 25 heavy (non-hydrogen) atoms. The first-order chi connectivity index (χ1) is 12.0. The average molecular weight is 340 g/mol. The van der Waals surface area contributed by atoms with Gasteiger partial charge in [0.15, 0.2) is 11.4 Å². The summed E-state index contributed by atoms with van der Waals surface area (Å²) in [6.45, 7) is 3.53.